The number of fused-ring (bicyclic) bond motifs is 4. The Morgan fingerprint density at radius 3 is 2.20 bits per heavy atom. The third-order valence-corrected chi connectivity index (χ3v) is 16.9. The minimum atomic E-state index is -5.30. The molecular formula is C41H65NaO17S. The van der Waals surface area contributed by atoms with Crippen LogP contribution in [-0.4, -0.2) is 146 Å². The summed E-state index contributed by atoms with van der Waals surface area (Å²) in [5, 5.41) is 79.4. The average Bonchev–Trinajstić information content (AvgIpc) is 3.51. The number of rotatable bonds is 10. The van der Waals surface area contributed by atoms with E-state index in [2.05, 4.69) is 11.1 Å². The molecule has 2 unspecified atom stereocenters. The summed E-state index contributed by atoms with van der Waals surface area (Å²) < 4.78 is 69.3. The fraction of sp³-hybridized carbons (Fsp3) is 0.927. The summed E-state index contributed by atoms with van der Waals surface area (Å²) in [7, 11) is -5.30. The topological polar surface area (TPSA) is 271 Å². The largest absolute Gasteiger partial charge is 1.00 e. The van der Waals surface area contributed by atoms with Crippen molar-refractivity contribution in [3.8, 4) is 0 Å². The molecule has 338 valence electrons. The molecule has 0 bridgehead atoms. The van der Waals surface area contributed by atoms with E-state index in [-0.39, 0.29) is 53.7 Å². The molecule has 7 rings (SSSR count). The number of allylic oxidation sites excluding steroid dienone is 1. The molecule has 3 aliphatic heterocycles. The van der Waals surface area contributed by atoms with Crippen LogP contribution in [0.15, 0.2) is 11.6 Å². The van der Waals surface area contributed by atoms with Crippen LogP contribution >= 0.6 is 0 Å². The number of hydrogen-bond acceptors (Lipinski definition) is 17. The van der Waals surface area contributed by atoms with Gasteiger partial charge in [0.25, 0.3) is 0 Å². The standard InChI is InChI=1S/C41H66O17S.Na/c1-19(2)9-12-25(42)39(8)40(49)16-15-38(7)21-10-11-24-36(4,5)27(13-14-37(24,6)22(21)17-26(43)41(38,40)35(48)57-39)55-34-32(29(45)23(18-53-34)58-59(50,51)52)56-33-31(47)30(46)28(44)20(3)54-33;/h17,19-21,23-34,42-47,49H,9-16,18H2,1-8H3,(H,50,51,52);/q;+1/p-1/t20-,21-,23-,24?,25?,26-,27+,28-,29+,30+,31-,32-,33+,34+,37-,38+,39+,40+,41-;/m1./s1. The van der Waals surface area contributed by atoms with Crippen LogP contribution < -0.4 is 29.6 Å². The monoisotopic (exact) mass is 884 g/mol. The van der Waals surface area contributed by atoms with Crippen molar-refractivity contribution in [3.05, 3.63) is 11.6 Å². The first-order valence-electron chi connectivity index (χ1n) is 21.2. The van der Waals surface area contributed by atoms with E-state index in [0.29, 0.717) is 44.9 Å². The first-order valence-corrected chi connectivity index (χ1v) is 22.5. The van der Waals surface area contributed by atoms with Gasteiger partial charge in [-0.3, -0.25) is 8.98 Å². The van der Waals surface area contributed by atoms with Crippen LogP contribution in [-0.2, 0) is 43.1 Å². The van der Waals surface area contributed by atoms with E-state index in [1.807, 2.05) is 34.6 Å². The summed E-state index contributed by atoms with van der Waals surface area (Å²) in [5.41, 5.74) is -6.15. The molecular weight excluding hydrogens is 819 g/mol. The molecule has 19 heteroatoms. The van der Waals surface area contributed by atoms with Crippen molar-refractivity contribution in [2.24, 2.45) is 39.4 Å². The van der Waals surface area contributed by atoms with Gasteiger partial charge in [0.1, 0.15) is 47.6 Å². The first-order chi connectivity index (χ1) is 27.2. The Hall–Kier alpha value is -0.360. The van der Waals surface area contributed by atoms with Crippen LogP contribution in [0.1, 0.15) is 107 Å². The molecule has 3 heterocycles. The van der Waals surface area contributed by atoms with Gasteiger partial charge in [-0.25, -0.2) is 8.42 Å². The van der Waals surface area contributed by atoms with Crippen LogP contribution in [0.5, 0.6) is 0 Å². The third kappa shape index (κ3) is 7.17. The Kier molecular flexibility index (Phi) is 13.5. The number of aliphatic hydroxyl groups excluding tert-OH is 6. The number of ether oxygens (including phenoxy) is 5. The van der Waals surface area contributed by atoms with E-state index in [1.54, 1.807) is 13.0 Å². The number of cyclic esters (lactones) is 1. The molecule has 4 aliphatic carbocycles. The molecule has 1 spiro atoms. The van der Waals surface area contributed by atoms with Gasteiger partial charge in [0.2, 0.25) is 10.4 Å². The Bertz CT molecular complexity index is 1760. The van der Waals surface area contributed by atoms with Crippen molar-refractivity contribution in [1.82, 2.24) is 0 Å². The van der Waals surface area contributed by atoms with Gasteiger partial charge in [-0.1, -0.05) is 53.2 Å². The van der Waals surface area contributed by atoms with Crippen LogP contribution in [0, 0.1) is 39.4 Å². The predicted octanol–water partition coefficient (Wildman–Crippen LogP) is -2.07. The zero-order chi connectivity index (χ0) is 43.6. The van der Waals surface area contributed by atoms with Crippen LogP contribution in [0.3, 0.4) is 0 Å². The summed E-state index contributed by atoms with van der Waals surface area (Å²) in [6.07, 6.45) is -11.5. The van der Waals surface area contributed by atoms with Crippen LogP contribution in [0.4, 0.5) is 0 Å². The molecule has 6 fully saturated rings. The van der Waals surface area contributed by atoms with Gasteiger partial charge < -0.3 is 64.0 Å². The zero-order valence-corrected chi connectivity index (χ0v) is 39.0. The average molecular weight is 885 g/mol. The number of esters is 1. The summed E-state index contributed by atoms with van der Waals surface area (Å²) >= 11 is 0. The van der Waals surface area contributed by atoms with Gasteiger partial charge >= 0.3 is 35.5 Å². The van der Waals surface area contributed by atoms with Crippen molar-refractivity contribution in [2.45, 2.75) is 192 Å². The summed E-state index contributed by atoms with van der Waals surface area (Å²) in [6, 6.07) is 0. The van der Waals surface area contributed by atoms with Crippen molar-refractivity contribution in [3.63, 3.8) is 0 Å². The normalized spacial score (nSPS) is 50.4. The van der Waals surface area contributed by atoms with Crippen molar-refractivity contribution in [2.75, 3.05) is 6.61 Å². The van der Waals surface area contributed by atoms with Gasteiger partial charge in [-0.15, -0.1) is 0 Å². The summed E-state index contributed by atoms with van der Waals surface area (Å²) in [4.78, 5) is 14.4. The molecule has 0 aromatic rings. The molecule has 3 saturated carbocycles. The second kappa shape index (κ2) is 16.5. The van der Waals surface area contributed by atoms with Gasteiger partial charge in [0.15, 0.2) is 18.2 Å². The van der Waals surface area contributed by atoms with Crippen molar-refractivity contribution in [1.29, 1.82) is 0 Å². The third-order valence-electron chi connectivity index (χ3n) is 16.5. The quantitative estimate of drug-likeness (QED) is 0.0310. The van der Waals surface area contributed by atoms with Gasteiger partial charge in [0.05, 0.1) is 31.0 Å². The number of carbonyl (C=O) groups is 1. The molecule has 60 heavy (non-hydrogen) atoms. The molecule has 0 aromatic carbocycles. The minimum absolute atomic E-state index is 0. The summed E-state index contributed by atoms with van der Waals surface area (Å²) in [6.45, 7) is 14.8. The smallest absolute Gasteiger partial charge is 0.726 e. The van der Waals surface area contributed by atoms with Crippen LogP contribution in [0.2, 0.25) is 0 Å². The molecule has 3 saturated heterocycles. The fourth-order valence-electron chi connectivity index (χ4n) is 13.1. The van der Waals surface area contributed by atoms with E-state index in [0.717, 1.165) is 5.57 Å². The van der Waals surface area contributed by atoms with Gasteiger partial charge in [0, 0.05) is 0 Å². The van der Waals surface area contributed by atoms with E-state index in [4.69, 9.17) is 23.7 Å². The maximum atomic E-state index is 14.4. The Morgan fingerprint density at radius 1 is 0.900 bits per heavy atom. The van der Waals surface area contributed by atoms with E-state index in [9.17, 15) is 53.5 Å². The number of hydrogen-bond donors (Lipinski definition) is 7. The van der Waals surface area contributed by atoms with Crippen LogP contribution in [0.25, 0.3) is 0 Å². The van der Waals surface area contributed by atoms with E-state index in [1.165, 1.54) is 6.92 Å². The first kappa shape index (κ1) is 49.1. The minimum Gasteiger partial charge on any atom is -0.726 e. The van der Waals surface area contributed by atoms with Gasteiger partial charge in [-0.2, -0.15) is 0 Å². The van der Waals surface area contributed by atoms with Gasteiger partial charge in [-0.05, 0) is 99.2 Å². The fourth-order valence-corrected chi connectivity index (χ4v) is 13.6. The maximum absolute atomic E-state index is 14.4. The molecule has 17 nitrogen and oxygen atoms in total. The molecule has 0 aromatic heterocycles. The zero-order valence-electron chi connectivity index (χ0n) is 36.2. The predicted molar refractivity (Wildman–Crippen MR) is 203 cm³/mol. The SMILES string of the molecule is CC(C)CCC(O)[C@]1(C)OC(=O)[C@]23[C@H](O)C=C4[C@@H](CCC5C(C)(C)[C@@H](O[C@@H]6OC[C@@H](OS(=O)(=O)[O-])[C@H](O)[C@H]6O[C@@H]6O[C@H](C)[C@@H](O)[C@H](O)[C@H]6O)CC[C@]45C)[C@]2(C)CC[C@@]31O.[Na+]. The summed E-state index contributed by atoms with van der Waals surface area (Å²) in [5.74, 6) is -0.657. The number of carbonyl (C=O) groups excluding carboxylic acids is 1. The Morgan fingerprint density at radius 2 is 1.57 bits per heavy atom. The Balaban J connectivity index is 0.00000604. The molecule has 0 amide bonds. The van der Waals surface area contributed by atoms with E-state index < -0.39 is 129 Å². The molecule has 7 aliphatic rings. The molecule has 7 N–H and O–H groups in total. The molecule has 0 radical (unpaired) electrons. The second-order valence-electron chi connectivity index (χ2n) is 20.2. The van der Waals surface area contributed by atoms with Crippen molar-refractivity contribution >= 4 is 16.4 Å². The maximum Gasteiger partial charge on any atom is 1.00 e. The van der Waals surface area contributed by atoms with Crippen molar-refractivity contribution < 1.29 is 111 Å². The second-order valence-corrected chi connectivity index (χ2v) is 21.2. The Labute approximate surface area is 374 Å². The van der Waals surface area contributed by atoms with E-state index >= 15 is 0 Å². The molecule has 19 atom stereocenters. The number of aliphatic hydroxyl groups is 7.